The highest BCUT2D eigenvalue weighted by atomic mass is 16.3. The van der Waals surface area contributed by atoms with E-state index in [2.05, 4.69) is 4.98 Å². The first-order valence-corrected chi connectivity index (χ1v) is 5.65. The predicted molar refractivity (Wildman–Crippen MR) is 69.8 cm³/mol. The second-order valence-corrected chi connectivity index (χ2v) is 4.16. The smallest absolute Gasteiger partial charge is 0.193 e. The van der Waals surface area contributed by atoms with Gasteiger partial charge in [-0.15, -0.1) is 0 Å². The first-order chi connectivity index (χ1) is 8.74. The number of benzene rings is 2. The molecule has 0 bridgehead atoms. The molecule has 3 nitrogen and oxygen atoms in total. The Hall–Kier alpha value is -2.55. The molecule has 18 heavy (non-hydrogen) atoms. The molecule has 88 valence electrons. The summed E-state index contributed by atoms with van der Waals surface area (Å²) in [6.07, 6.45) is 1.85. The fourth-order valence-corrected chi connectivity index (χ4v) is 1.97. The molecule has 0 atom stereocenters. The van der Waals surface area contributed by atoms with Gasteiger partial charge in [-0.3, -0.25) is 4.79 Å². The van der Waals surface area contributed by atoms with Crippen molar-refractivity contribution in [2.75, 3.05) is 0 Å². The van der Waals surface area contributed by atoms with Crippen LogP contribution in [0.25, 0.3) is 10.9 Å². The summed E-state index contributed by atoms with van der Waals surface area (Å²) in [5.41, 5.74) is 2.23. The monoisotopic (exact) mass is 237 g/mol. The highest BCUT2D eigenvalue weighted by Gasteiger charge is 2.09. The second-order valence-electron chi connectivity index (χ2n) is 4.16. The van der Waals surface area contributed by atoms with Crippen molar-refractivity contribution in [3.8, 4) is 5.75 Å². The van der Waals surface area contributed by atoms with Crippen molar-refractivity contribution < 1.29 is 9.90 Å². The molecule has 1 heterocycles. The third-order valence-electron chi connectivity index (χ3n) is 2.94. The third-order valence-corrected chi connectivity index (χ3v) is 2.94. The van der Waals surface area contributed by atoms with Crippen molar-refractivity contribution in [3.05, 3.63) is 65.9 Å². The Balaban J connectivity index is 2.03. The van der Waals surface area contributed by atoms with Gasteiger partial charge in [-0.1, -0.05) is 0 Å². The summed E-state index contributed by atoms with van der Waals surface area (Å²) in [5, 5.41) is 10.2. The van der Waals surface area contributed by atoms with Crippen LogP contribution in [0.3, 0.4) is 0 Å². The molecule has 0 saturated carbocycles. The fourth-order valence-electron chi connectivity index (χ4n) is 1.97. The standard InChI is InChI=1S/C15H11NO2/c17-13-4-1-10(2-5-13)15(18)12-3-6-14-11(9-12)7-8-16-14/h1-9,16-17H. The first kappa shape index (κ1) is 10.6. The quantitative estimate of drug-likeness (QED) is 0.673. The van der Waals surface area contributed by atoms with Gasteiger partial charge >= 0.3 is 0 Å². The fraction of sp³-hybridized carbons (Fsp3) is 0. The van der Waals surface area contributed by atoms with Gasteiger partial charge < -0.3 is 10.1 Å². The van der Waals surface area contributed by atoms with Gasteiger partial charge in [0, 0.05) is 28.2 Å². The number of H-pyrrole nitrogens is 1. The Kier molecular flexibility index (Phi) is 2.38. The van der Waals surface area contributed by atoms with E-state index in [0.717, 1.165) is 10.9 Å². The minimum Gasteiger partial charge on any atom is -0.508 e. The molecule has 0 aliphatic heterocycles. The number of aromatic hydroxyl groups is 1. The Morgan fingerprint density at radius 1 is 0.944 bits per heavy atom. The molecule has 3 heteroatoms. The Bertz CT molecular complexity index is 711. The zero-order valence-corrected chi connectivity index (χ0v) is 9.55. The summed E-state index contributed by atoms with van der Waals surface area (Å²) < 4.78 is 0. The van der Waals surface area contributed by atoms with Gasteiger partial charge in [0.1, 0.15) is 5.75 Å². The lowest BCUT2D eigenvalue weighted by Gasteiger charge is -2.02. The van der Waals surface area contributed by atoms with Gasteiger partial charge in [-0.05, 0) is 48.5 Å². The molecule has 3 aromatic rings. The second kappa shape index (κ2) is 4.04. The highest BCUT2D eigenvalue weighted by Crippen LogP contribution is 2.18. The van der Waals surface area contributed by atoms with Crippen LogP contribution in [-0.2, 0) is 0 Å². The van der Waals surface area contributed by atoms with E-state index in [1.54, 1.807) is 18.2 Å². The van der Waals surface area contributed by atoms with Crippen LogP contribution in [0.4, 0.5) is 0 Å². The maximum Gasteiger partial charge on any atom is 0.193 e. The van der Waals surface area contributed by atoms with E-state index >= 15 is 0 Å². The van der Waals surface area contributed by atoms with Crippen LogP contribution >= 0.6 is 0 Å². The van der Waals surface area contributed by atoms with Crippen molar-refractivity contribution >= 4 is 16.7 Å². The molecule has 0 spiro atoms. The summed E-state index contributed by atoms with van der Waals surface area (Å²) in [7, 11) is 0. The van der Waals surface area contributed by atoms with Crippen LogP contribution in [0, 0.1) is 0 Å². The summed E-state index contributed by atoms with van der Waals surface area (Å²) in [5.74, 6) is 0.116. The van der Waals surface area contributed by atoms with E-state index in [0.29, 0.717) is 11.1 Å². The lowest BCUT2D eigenvalue weighted by atomic mass is 10.0. The largest absolute Gasteiger partial charge is 0.508 e. The molecular formula is C15H11NO2. The van der Waals surface area contributed by atoms with E-state index in [-0.39, 0.29) is 11.5 Å². The highest BCUT2D eigenvalue weighted by molar-refractivity contribution is 6.10. The van der Waals surface area contributed by atoms with Gasteiger partial charge in [-0.25, -0.2) is 0 Å². The van der Waals surface area contributed by atoms with Gasteiger partial charge in [0.2, 0.25) is 0 Å². The van der Waals surface area contributed by atoms with Crippen molar-refractivity contribution in [1.29, 1.82) is 0 Å². The Labute approximate surface area is 104 Å². The van der Waals surface area contributed by atoms with E-state index in [1.165, 1.54) is 12.1 Å². The summed E-state index contributed by atoms with van der Waals surface area (Å²) in [6.45, 7) is 0. The third kappa shape index (κ3) is 1.76. The number of hydrogen-bond acceptors (Lipinski definition) is 2. The van der Waals surface area contributed by atoms with Gasteiger partial charge in [-0.2, -0.15) is 0 Å². The SMILES string of the molecule is O=C(c1ccc(O)cc1)c1ccc2[nH]ccc2c1. The number of phenols is 1. The zero-order valence-electron chi connectivity index (χ0n) is 9.55. The summed E-state index contributed by atoms with van der Waals surface area (Å²) in [4.78, 5) is 15.3. The number of hydrogen-bond donors (Lipinski definition) is 2. The predicted octanol–water partition coefficient (Wildman–Crippen LogP) is 3.10. The number of aromatic nitrogens is 1. The molecular weight excluding hydrogens is 226 g/mol. The van der Waals surface area contributed by atoms with Crippen LogP contribution < -0.4 is 0 Å². The molecule has 2 aromatic carbocycles. The first-order valence-electron chi connectivity index (χ1n) is 5.65. The normalized spacial score (nSPS) is 10.7. The van der Waals surface area contributed by atoms with E-state index < -0.39 is 0 Å². The van der Waals surface area contributed by atoms with E-state index in [9.17, 15) is 9.90 Å². The summed E-state index contributed by atoms with van der Waals surface area (Å²) in [6, 6.07) is 13.8. The number of carbonyl (C=O) groups is 1. The molecule has 0 amide bonds. The minimum absolute atomic E-state index is 0.0434. The number of carbonyl (C=O) groups excluding carboxylic acids is 1. The topological polar surface area (TPSA) is 53.1 Å². The Morgan fingerprint density at radius 2 is 1.67 bits per heavy atom. The van der Waals surface area contributed by atoms with E-state index in [1.807, 2.05) is 24.4 Å². The van der Waals surface area contributed by atoms with Gasteiger partial charge in [0.15, 0.2) is 5.78 Å². The maximum atomic E-state index is 12.2. The van der Waals surface area contributed by atoms with Crippen molar-refractivity contribution in [2.24, 2.45) is 0 Å². The molecule has 1 aromatic heterocycles. The van der Waals surface area contributed by atoms with Crippen LogP contribution in [-0.4, -0.2) is 15.9 Å². The average Bonchev–Trinajstić information content (AvgIpc) is 2.86. The van der Waals surface area contributed by atoms with Crippen LogP contribution in [0.1, 0.15) is 15.9 Å². The molecule has 3 rings (SSSR count). The molecule has 0 aliphatic rings. The zero-order chi connectivity index (χ0) is 12.5. The lowest BCUT2D eigenvalue weighted by Crippen LogP contribution is -2.00. The lowest BCUT2D eigenvalue weighted by molar-refractivity contribution is 0.103. The number of phenolic OH excluding ortho intramolecular Hbond substituents is 1. The van der Waals surface area contributed by atoms with Crippen LogP contribution in [0.5, 0.6) is 5.75 Å². The van der Waals surface area contributed by atoms with Crippen molar-refractivity contribution in [2.45, 2.75) is 0 Å². The maximum absolute atomic E-state index is 12.2. The van der Waals surface area contributed by atoms with Crippen molar-refractivity contribution in [1.82, 2.24) is 4.98 Å². The Morgan fingerprint density at radius 3 is 2.44 bits per heavy atom. The van der Waals surface area contributed by atoms with Gasteiger partial charge in [0.05, 0.1) is 0 Å². The molecule has 0 saturated heterocycles. The molecule has 0 radical (unpaired) electrons. The number of rotatable bonds is 2. The number of aromatic amines is 1. The molecule has 0 unspecified atom stereocenters. The van der Waals surface area contributed by atoms with Crippen molar-refractivity contribution in [3.63, 3.8) is 0 Å². The average molecular weight is 237 g/mol. The van der Waals surface area contributed by atoms with Crippen LogP contribution in [0.2, 0.25) is 0 Å². The molecule has 0 fully saturated rings. The number of fused-ring (bicyclic) bond motifs is 1. The molecule has 0 aliphatic carbocycles. The van der Waals surface area contributed by atoms with Crippen LogP contribution in [0.15, 0.2) is 54.7 Å². The number of nitrogens with one attached hydrogen (secondary N) is 1. The molecule has 2 N–H and O–H groups in total. The summed E-state index contributed by atoms with van der Waals surface area (Å²) >= 11 is 0. The van der Waals surface area contributed by atoms with Gasteiger partial charge in [0.25, 0.3) is 0 Å². The number of ketones is 1. The minimum atomic E-state index is -0.0434. The van der Waals surface area contributed by atoms with E-state index in [4.69, 9.17) is 0 Å².